The van der Waals surface area contributed by atoms with Gasteiger partial charge in [0, 0.05) is 30.3 Å². The number of carbonyl (C=O) groups is 1. The quantitative estimate of drug-likeness (QED) is 0.686. The van der Waals surface area contributed by atoms with Crippen molar-refractivity contribution in [1.82, 2.24) is 14.7 Å². The molecule has 30 heavy (non-hydrogen) atoms. The molecule has 2 N–H and O–H groups in total. The van der Waals surface area contributed by atoms with Crippen molar-refractivity contribution in [2.24, 2.45) is 11.7 Å². The highest BCUT2D eigenvalue weighted by Gasteiger charge is 2.35. The van der Waals surface area contributed by atoms with E-state index >= 15 is 0 Å². The highest BCUT2D eigenvalue weighted by molar-refractivity contribution is 5.94. The van der Waals surface area contributed by atoms with Crippen molar-refractivity contribution in [3.8, 4) is 5.69 Å². The van der Waals surface area contributed by atoms with E-state index in [0.29, 0.717) is 30.9 Å². The van der Waals surface area contributed by atoms with Crippen LogP contribution in [0.1, 0.15) is 33.2 Å². The van der Waals surface area contributed by atoms with Gasteiger partial charge >= 0.3 is 0 Å². The van der Waals surface area contributed by atoms with Crippen LogP contribution in [0, 0.1) is 25.6 Å². The second-order valence-electron chi connectivity index (χ2n) is 7.73. The van der Waals surface area contributed by atoms with E-state index in [1.807, 2.05) is 38.1 Å². The van der Waals surface area contributed by atoms with Crippen LogP contribution in [0.15, 0.2) is 54.6 Å². The molecule has 5 nitrogen and oxygen atoms in total. The van der Waals surface area contributed by atoms with E-state index in [9.17, 15) is 9.18 Å². The normalized spacial score (nSPS) is 18.3. The Kier molecular flexibility index (Phi) is 6.58. The Balaban J connectivity index is 0.00000256. The second-order valence-corrected chi connectivity index (χ2v) is 7.73. The van der Waals surface area contributed by atoms with Gasteiger partial charge in [-0.1, -0.05) is 30.3 Å². The third-order valence-corrected chi connectivity index (χ3v) is 5.69. The van der Waals surface area contributed by atoms with Gasteiger partial charge < -0.3 is 10.6 Å². The number of aryl methyl sites for hydroxylation is 2. The van der Waals surface area contributed by atoms with Gasteiger partial charge in [-0.05, 0) is 56.1 Å². The minimum Gasteiger partial charge on any atom is -0.338 e. The van der Waals surface area contributed by atoms with E-state index in [4.69, 9.17) is 5.73 Å². The van der Waals surface area contributed by atoms with Crippen LogP contribution in [-0.2, 0) is 0 Å². The molecule has 4 rings (SSSR count). The van der Waals surface area contributed by atoms with E-state index in [1.165, 1.54) is 11.6 Å². The number of aromatic nitrogens is 2. The van der Waals surface area contributed by atoms with Gasteiger partial charge in [-0.3, -0.25) is 4.79 Å². The number of carbonyl (C=O) groups excluding carboxylic acids is 1. The van der Waals surface area contributed by atoms with Crippen LogP contribution in [0.3, 0.4) is 0 Å². The molecule has 1 aliphatic heterocycles. The lowest BCUT2D eigenvalue weighted by Gasteiger charge is -2.17. The molecule has 2 aromatic carbocycles. The number of likely N-dealkylation sites (tertiary alicyclic amines) is 1. The highest BCUT2D eigenvalue weighted by atomic mass is 35.5. The first kappa shape index (κ1) is 22.0. The number of rotatable bonds is 4. The molecule has 1 aromatic heterocycles. The number of amides is 1. The predicted octanol–water partition coefficient (Wildman–Crippen LogP) is 3.86. The molecule has 3 aromatic rings. The SMILES string of the molecule is Cc1cc(C)n(-c2ccc(C(=O)N3C[C@@H](CN)[C@H](c4ccccc4)C3)cc2F)n1.Cl. The summed E-state index contributed by atoms with van der Waals surface area (Å²) in [6, 6.07) is 16.6. The Morgan fingerprint density at radius 2 is 1.87 bits per heavy atom. The Morgan fingerprint density at radius 3 is 2.47 bits per heavy atom. The molecule has 0 bridgehead atoms. The molecule has 1 fully saturated rings. The third kappa shape index (κ3) is 4.11. The van der Waals surface area contributed by atoms with Crippen molar-refractivity contribution in [2.45, 2.75) is 19.8 Å². The average molecular weight is 429 g/mol. The number of halogens is 2. The van der Waals surface area contributed by atoms with E-state index in [2.05, 4.69) is 17.2 Å². The first-order valence-corrected chi connectivity index (χ1v) is 9.85. The van der Waals surface area contributed by atoms with Gasteiger partial charge in [0.15, 0.2) is 0 Å². The number of benzene rings is 2. The summed E-state index contributed by atoms with van der Waals surface area (Å²) in [6.07, 6.45) is 0. The van der Waals surface area contributed by atoms with Gasteiger partial charge in [0.05, 0.1) is 5.69 Å². The zero-order valence-corrected chi connectivity index (χ0v) is 17.9. The summed E-state index contributed by atoms with van der Waals surface area (Å²) in [5.74, 6) is -0.235. The van der Waals surface area contributed by atoms with Crippen molar-refractivity contribution in [3.05, 3.63) is 82.9 Å². The topological polar surface area (TPSA) is 64.2 Å². The van der Waals surface area contributed by atoms with E-state index in [1.54, 1.807) is 21.7 Å². The molecule has 0 unspecified atom stereocenters. The monoisotopic (exact) mass is 428 g/mol. The van der Waals surface area contributed by atoms with Gasteiger partial charge in [-0.2, -0.15) is 5.10 Å². The molecule has 1 saturated heterocycles. The van der Waals surface area contributed by atoms with Crippen molar-refractivity contribution in [2.75, 3.05) is 19.6 Å². The van der Waals surface area contributed by atoms with E-state index < -0.39 is 5.82 Å². The molecule has 158 valence electrons. The largest absolute Gasteiger partial charge is 0.338 e. The molecule has 2 atom stereocenters. The maximum atomic E-state index is 14.8. The van der Waals surface area contributed by atoms with Gasteiger partial charge in [0.2, 0.25) is 0 Å². The maximum Gasteiger partial charge on any atom is 0.253 e. The summed E-state index contributed by atoms with van der Waals surface area (Å²) in [6.45, 7) is 5.42. The van der Waals surface area contributed by atoms with Gasteiger partial charge in [-0.15, -0.1) is 12.4 Å². The Hall–Kier alpha value is -2.70. The summed E-state index contributed by atoms with van der Waals surface area (Å²) in [5.41, 5.74) is 9.51. The minimum absolute atomic E-state index is 0. The van der Waals surface area contributed by atoms with Crippen molar-refractivity contribution >= 4 is 18.3 Å². The molecule has 7 heteroatoms. The standard InChI is InChI=1S/C23H25FN4O.ClH/c1-15-10-16(2)28(26-15)22-9-8-18(11-21(22)24)23(29)27-13-19(12-25)20(14-27)17-6-4-3-5-7-17;/h3-11,19-20H,12-14,25H2,1-2H3;1H/t19-,20+;/m1./s1. The Labute approximate surface area is 182 Å². The average Bonchev–Trinajstić information content (AvgIpc) is 3.30. The van der Waals surface area contributed by atoms with Crippen LogP contribution in [0.25, 0.3) is 5.69 Å². The predicted molar refractivity (Wildman–Crippen MR) is 118 cm³/mol. The summed E-state index contributed by atoms with van der Waals surface area (Å²) in [4.78, 5) is 14.8. The maximum absolute atomic E-state index is 14.8. The number of nitrogens with two attached hydrogens (primary N) is 1. The minimum atomic E-state index is -0.462. The third-order valence-electron chi connectivity index (χ3n) is 5.69. The lowest BCUT2D eigenvalue weighted by Crippen LogP contribution is -2.30. The van der Waals surface area contributed by atoms with Crippen molar-refractivity contribution in [1.29, 1.82) is 0 Å². The zero-order valence-electron chi connectivity index (χ0n) is 17.1. The van der Waals surface area contributed by atoms with Gasteiger partial charge in [-0.25, -0.2) is 9.07 Å². The molecule has 1 amide bonds. The second kappa shape index (κ2) is 8.98. The van der Waals surface area contributed by atoms with Crippen LogP contribution in [0.4, 0.5) is 4.39 Å². The molecule has 2 heterocycles. The number of hydrogen-bond donors (Lipinski definition) is 1. The summed E-state index contributed by atoms with van der Waals surface area (Å²) < 4.78 is 16.4. The van der Waals surface area contributed by atoms with Crippen molar-refractivity contribution in [3.63, 3.8) is 0 Å². The number of nitrogens with zero attached hydrogens (tertiary/aromatic N) is 3. The first-order valence-electron chi connectivity index (χ1n) is 9.85. The smallest absolute Gasteiger partial charge is 0.253 e. The lowest BCUT2D eigenvalue weighted by molar-refractivity contribution is 0.0786. The van der Waals surface area contributed by atoms with Crippen LogP contribution in [0.5, 0.6) is 0 Å². The number of hydrogen-bond acceptors (Lipinski definition) is 3. The summed E-state index contributed by atoms with van der Waals surface area (Å²) >= 11 is 0. The summed E-state index contributed by atoms with van der Waals surface area (Å²) in [5, 5.41) is 4.33. The highest BCUT2D eigenvalue weighted by Crippen LogP contribution is 2.33. The van der Waals surface area contributed by atoms with E-state index in [-0.39, 0.29) is 30.2 Å². The molecule has 0 aliphatic carbocycles. The molecule has 0 saturated carbocycles. The molecular formula is C23H26ClFN4O. The van der Waals surface area contributed by atoms with Gasteiger partial charge in [0.25, 0.3) is 5.91 Å². The van der Waals surface area contributed by atoms with Crippen LogP contribution in [-0.4, -0.2) is 40.2 Å². The fourth-order valence-corrected chi connectivity index (χ4v) is 4.22. The van der Waals surface area contributed by atoms with Crippen LogP contribution < -0.4 is 5.73 Å². The molecule has 1 aliphatic rings. The fraction of sp³-hybridized carbons (Fsp3) is 0.304. The zero-order chi connectivity index (χ0) is 20.5. The molecule has 0 radical (unpaired) electrons. The Morgan fingerprint density at radius 1 is 1.13 bits per heavy atom. The molecule has 0 spiro atoms. The fourth-order valence-electron chi connectivity index (χ4n) is 4.22. The summed E-state index contributed by atoms with van der Waals surface area (Å²) in [7, 11) is 0. The van der Waals surface area contributed by atoms with Crippen LogP contribution in [0.2, 0.25) is 0 Å². The first-order chi connectivity index (χ1) is 14.0. The lowest BCUT2D eigenvalue weighted by atomic mass is 9.89. The van der Waals surface area contributed by atoms with Crippen LogP contribution >= 0.6 is 12.4 Å². The van der Waals surface area contributed by atoms with Gasteiger partial charge in [0.1, 0.15) is 11.5 Å². The van der Waals surface area contributed by atoms with E-state index in [0.717, 1.165) is 11.4 Å². The molecular weight excluding hydrogens is 403 g/mol. The Bertz CT molecular complexity index is 1040. The van der Waals surface area contributed by atoms with Crippen molar-refractivity contribution < 1.29 is 9.18 Å².